The van der Waals surface area contributed by atoms with Crippen molar-refractivity contribution in [2.24, 2.45) is 5.92 Å². The zero-order chi connectivity index (χ0) is 21.7. The Hall–Kier alpha value is -3.68. The Morgan fingerprint density at radius 2 is 1.70 bits per heavy atom. The molecule has 158 valence electrons. The topological polar surface area (TPSA) is 95.1 Å². The Balaban J connectivity index is 1.81. The highest BCUT2D eigenvalue weighted by Crippen LogP contribution is 2.35. The maximum absolute atomic E-state index is 12.9. The smallest absolute Gasteiger partial charge is 0.319 e. The first-order chi connectivity index (χ1) is 14.5. The van der Waals surface area contributed by atoms with Crippen LogP contribution >= 0.6 is 0 Å². The molecule has 2 N–H and O–H groups in total. The fourth-order valence-electron chi connectivity index (χ4n) is 3.25. The number of nitrogens with one attached hydrogen (secondary N) is 2. The van der Waals surface area contributed by atoms with Crippen LogP contribution in [-0.4, -0.2) is 33.3 Å². The highest BCUT2D eigenvalue weighted by Gasteiger charge is 2.39. The van der Waals surface area contributed by atoms with Gasteiger partial charge in [0.1, 0.15) is 18.3 Å². The lowest BCUT2D eigenvalue weighted by Gasteiger charge is -2.33. The monoisotopic (exact) mass is 412 g/mol. The molecule has 1 aliphatic rings. The number of benzene rings is 2. The second-order valence-electron chi connectivity index (χ2n) is 6.65. The maximum atomic E-state index is 12.9. The Morgan fingerprint density at radius 3 is 2.33 bits per heavy atom. The molecule has 8 heteroatoms. The molecule has 30 heavy (non-hydrogen) atoms. The number of carbonyl (C=O) groups excluding carboxylic acids is 2. The zero-order valence-corrected chi connectivity index (χ0v) is 17.1. The minimum absolute atomic E-state index is 0.0825. The quantitative estimate of drug-likeness (QED) is 0.679. The summed E-state index contributed by atoms with van der Waals surface area (Å²) in [6, 6.07) is 11.3. The highest BCUT2D eigenvalue weighted by molar-refractivity contribution is 5.85. The van der Waals surface area contributed by atoms with Crippen LogP contribution in [0.25, 0.3) is 0 Å². The van der Waals surface area contributed by atoms with Gasteiger partial charge < -0.3 is 29.6 Å². The van der Waals surface area contributed by atoms with Crippen LogP contribution in [0.5, 0.6) is 17.2 Å². The first-order valence-electron chi connectivity index (χ1n) is 9.24. The second-order valence-corrected chi connectivity index (χ2v) is 6.65. The van der Waals surface area contributed by atoms with Crippen LogP contribution in [0.15, 0.2) is 54.7 Å². The summed E-state index contributed by atoms with van der Waals surface area (Å²) in [7, 11) is 4.63. The number of amides is 2. The molecule has 0 aromatic heterocycles. The molecule has 0 saturated carbocycles. The average Bonchev–Trinajstić information content (AvgIpc) is 2.76. The van der Waals surface area contributed by atoms with Crippen LogP contribution in [-0.2, 0) is 16.1 Å². The van der Waals surface area contributed by atoms with E-state index in [0.717, 1.165) is 5.56 Å². The molecule has 2 amide bonds. The Bertz CT molecular complexity index is 941. The molecule has 1 saturated heterocycles. The molecule has 2 aromatic rings. The summed E-state index contributed by atoms with van der Waals surface area (Å²) in [5.41, 5.74) is 1.73. The van der Waals surface area contributed by atoms with Crippen molar-refractivity contribution in [2.75, 3.05) is 21.3 Å². The normalized spacial score (nSPS) is 18.1. The number of urea groups is 1. The van der Waals surface area contributed by atoms with Gasteiger partial charge in [-0.05, 0) is 35.4 Å². The predicted octanol–water partition coefficient (Wildman–Crippen LogP) is 2.94. The summed E-state index contributed by atoms with van der Waals surface area (Å²) in [5, 5.41) is 5.33. The van der Waals surface area contributed by atoms with Gasteiger partial charge in [0, 0.05) is 5.70 Å². The van der Waals surface area contributed by atoms with E-state index in [2.05, 4.69) is 17.2 Å². The first-order valence-corrected chi connectivity index (χ1v) is 9.24. The number of carbonyl (C=O) groups is 2. The van der Waals surface area contributed by atoms with Gasteiger partial charge in [-0.25, -0.2) is 4.79 Å². The molecular formula is C22H24N2O6. The Kier molecular flexibility index (Phi) is 6.46. The van der Waals surface area contributed by atoms with Crippen LogP contribution in [0.4, 0.5) is 4.79 Å². The fraction of sp³-hybridized carbons (Fsp3) is 0.273. The molecular weight excluding hydrogens is 388 g/mol. The van der Waals surface area contributed by atoms with E-state index in [1.807, 2.05) is 12.1 Å². The standard InChI is InChI=1S/C22H24N2O6/c1-13-19(21(25)30-12-14-5-8-16(27-2)9-6-14)20(24-22(26)23-13)15-7-10-17(28-3)18(11-15)29-4/h5-11,19-20H,1,12H2,2-4H3,(H2,23,24,26). The van der Waals surface area contributed by atoms with Gasteiger partial charge in [-0.15, -0.1) is 0 Å². The van der Waals surface area contributed by atoms with Gasteiger partial charge in [0.05, 0.1) is 27.4 Å². The van der Waals surface area contributed by atoms with Crippen LogP contribution in [0.2, 0.25) is 0 Å². The van der Waals surface area contributed by atoms with E-state index >= 15 is 0 Å². The van der Waals surface area contributed by atoms with E-state index in [1.165, 1.54) is 14.2 Å². The largest absolute Gasteiger partial charge is 0.497 e. The van der Waals surface area contributed by atoms with Crippen molar-refractivity contribution in [1.82, 2.24) is 10.6 Å². The Labute approximate surface area is 174 Å². The summed E-state index contributed by atoms with van der Waals surface area (Å²) in [6.07, 6.45) is 0. The lowest BCUT2D eigenvalue weighted by Crippen LogP contribution is -2.51. The summed E-state index contributed by atoms with van der Waals surface area (Å²) < 4.78 is 21.2. The summed E-state index contributed by atoms with van der Waals surface area (Å²) in [4.78, 5) is 25.0. The summed E-state index contributed by atoms with van der Waals surface area (Å²) in [6.45, 7) is 3.93. The molecule has 0 radical (unpaired) electrons. The highest BCUT2D eigenvalue weighted by atomic mass is 16.5. The minimum atomic E-state index is -0.820. The van der Waals surface area contributed by atoms with E-state index < -0.39 is 24.0 Å². The fourth-order valence-corrected chi connectivity index (χ4v) is 3.25. The second kappa shape index (κ2) is 9.21. The van der Waals surface area contributed by atoms with Crippen LogP contribution in [0.1, 0.15) is 17.2 Å². The lowest BCUT2D eigenvalue weighted by atomic mass is 9.89. The third-order valence-corrected chi connectivity index (χ3v) is 4.83. The summed E-state index contributed by atoms with van der Waals surface area (Å²) in [5.74, 6) is 0.408. The van der Waals surface area contributed by atoms with Crippen LogP contribution in [0, 0.1) is 5.92 Å². The molecule has 8 nitrogen and oxygen atoms in total. The van der Waals surface area contributed by atoms with Gasteiger partial charge in [-0.3, -0.25) is 4.79 Å². The number of rotatable bonds is 7. The van der Waals surface area contributed by atoms with Crippen molar-refractivity contribution in [3.8, 4) is 17.2 Å². The van der Waals surface area contributed by atoms with Gasteiger partial charge in [0.2, 0.25) is 0 Å². The number of ether oxygens (including phenoxy) is 4. The van der Waals surface area contributed by atoms with Crippen LogP contribution in [0.3, 0.4) is 0 Å². The van der Waals surface area contributed by atoms with Gasteiger partial charge in [0.25, 0.3) is 0 Å². The van der Waals surface area contributed by atoms with Gasteiger partial charge >= 0.3 is 12.0 Å². The number of methoxy groups -OCH3 is 3. The molecule has 2 atom stereocenters. The molecule has 0 bridgehead atoms. The molecule has 0 aliphatic carbocycles. The molecule has 3 rings (SSSR count). The molecule has 1 fully saturated rings. The van der Waals surface area contributed by atoms with Crippen LogP contribution < -0.4 is 24.8 Å². The average molecular weight is 412 g/mol. The molecule has 1 aliphatic heterocycles. The van der Waals surface area contributed by atoms with Crippen molar-refractivity contribution >= 4 is 12.0 Å². The van der Waals surface area contributed by atoms with E-state index in [-0.39, 0.29) is 12.3 Å². The van der Waals surface area contributed by atoms with Crippen molar-refractivity contribution < 1.29 is 28.5 Å². The van der Waals surface area contributed by atoms with Gasteiger partial charge in [-0.1, -0.05) is 24.8 Å². The first kappa shape index (κ1) is 21.0. The number of esters is 1. The van der Waals surface area contributed by atoms with Gasteiger partial charge in [0.15, 0.2) is 11.5 Å². The maximum Gasteiger partial charge on any atom is 0.319 e. The van der Waals surface area contributed by atoms with E-state index in [9.17, 15) is 9.59 Å². The molecule has 2 aromatic carbocycles. The SMILES string of the molecule is C=C1NC(=O)NC(c2ccc(OC)c(OC)c2)C1C(=O)OCc1ccc(OC)cc1. The van der Waals surface area contributed by atoms with Crippen molar-refractivity contribution in [1.29, 1.82) is 0 Å². The Morgan fingerprint density at radius 1 is 1.00 bits per heavy atom. The van der Waals surface area contributed by atoms with Crippen molar-refractivity contribution in [3.05, 3.63) is 65.9 Å². The molecule has 0 spiro atoms. The third-order valence-electron chi connectivity index (χ3n) is 4.83. The van der Waals surface area contributed by atoms with E-state index in [0.29, 0.717) is 22.8 Å². The number of hydrogen-bond donors (Lipinski definition) is 2. The molecule has 1 heterocycles. The van der Waals surface area contributed by atoms with Gasteiger partial charge in [-0.2, -0.15) is 0 Å². The number of hydrogen-bond acceptors (Lipinski definition) is 6. The zero-order valence-electron chi connectivity index (χ0n) is 17.1. The van der Waals surface area contributed by atoms with E-state index in [4.69, 9.17) is 18.9 Å². The summed E-state index contributed by atoms with van der Waals surface area (Å²) >= 11 is 0. The van der Waals surface area contributed by atoms with Crippen molar-refractivity contribution in [2.45, 2.75) is 12.6 Å². The molecule has 2 unspecified atom stereocenters. The lowest BCUT2D eigenvalue weighted by molar-refractivity contribution is -0.149. The predicted molar refractivity (Wildman–Crippen MR) is 109 cm³/mol. The minimum Gasteiger partial charge on any atom is -0.497 e. The third kappa shape index (κ3) is 4.48. The van der Waals surface area contributed by atoms with E-state index in [1.54, 1.807) is 37.4 Å². The van der Waals surface area contributed by atoms with Crippen molar-refractivity contribution in [3.63, 3.8) is 0 Å².